The van der Waals surface area contributed by atoms with Crippen molar-refractivity contribution >= 4 is 32.7 Å². The van der Waals surface area contributed by atoms with E-state index < -0.39 is 0 Å². The lowest BCUT2D eigenvalue weighted by Gasteiger charge is -2.14. The number of rotatable bonds is 1. The molecule has 2 rings (SSSR count). The molecular formula is C11H12BrN3. The second-order valence-electron chi connectivity index (χ2n) is 3.58. The number of hydrogen-bond donors (Lipinski definition) is 1. The van der Waals surface area contributed by atoms with E-state index in [9.17, 15) is 0 Å². The number of hydrazine groups is 1. The Balaban J connectivity index is 2.71. The van der Waals surface area contributed by atoms with Crippen molar-refractivity contribution in [3.63, 3.8) is 0 Å². The number of aromatic nitrogens is 1. The first-order valence-corrected chi connectivity index (χ1v) is 5.42. The molecular weight excluding hydrogens is 254 g/mol. The predicted octanol–water partition coefficient (Wildman–Crippen LogP) is 2.62. The largest absolute Gasteiger partial charge is 0.298 e. The summed E-state index contributed by atoms with van der Waals surface area (Å²) in [6.07, 6.45) is 0. The Morgan fingerprint density at radius 2 is 2.07 bits per heavy atom. The Morgan fingerprint density at radius 3 is 2.73 bits per heavy atom. The second-order valence-corrected chi connectivity index (χ2v) is 4.49. The van der Waals surface area contributed by atoms with E-state index in [-0.39, 0.29) is 0 Å². The minimum Gasteiger partial charge on any atom is -0.298 e. The Bertz CT molecular complexity index is 508. The van der Waals surface area contributed by atoms with Gasteiger partial charge in [0.1, 0.15) is 5.82 Å². The Labute approximate surface area is 97.0 Å². The third kappa shape index (κ3) is 1.96. The molecule has 0 aliphatic carbocycles. The smallest absolute Gasteiger partial charge is 0.145 e. The molecule has 1 aromatic carbocycles. The fraction of sp³-hybridized carbons (Fsp3) is 0.182. The molecule has 0 unspecified atom stereocenters. The Morgan fingerprint density at radius 1 is 1.33 bits per heavy atom. The molecule has 0 amide bonds. The van der Waals surface area contributed by atoms with Gasteiger partial charge in [-0.05, 0) is 36.8 Å². The highest BCUT2D eigenvalue weighted by atomic mass is 79.9. The third-order valence-corrected chi connectivity index (χ3v) is 2.77. The van der Waals surface area contributed by atoms with Gasteiger partial charge < -0.3 is 0 Å². The monoisotopic (exact) mass is 265 g/mol. The van der Waals surface area contributed by atoms with Crippen LogP contribution in [0.5, 0.6) is 0 Å². The maximum absolute atomic E-state index is 5.70. The van der Waals surface area contributed by atoms with Crippen LogP contribution in [0, 0.1) is 6.92 Å². The molecule has 0 fully saturated rings. The van der Waals surface area contributed by atoms with Crippen LogP contribution in [-0.4, -0.2) is 12.0 Å². The summed E-state index contributed by atoms with van der Waals surface area (Å²) in [6.45, 7) is 2.01. The van der Waals surface area contributed by atoms with Crippen molar-refractivity contribution in [1.29, 1.82) is 0 Å². The molecule has 0 atom stereocenters. The highest BCUT2D eigenvalue weighted by Gasteiger charge is 2.05. The zero-order valence-corrected chi connectivity index (χ0v) is 10.2. The van der Waals surface area contributed by atoms with E-state index in [2.05, 4.69) is 33.0 Å². The van der Waals surface area contributed by atoms with E-state index >= 15 is 0 Å². The third-order valence-electron chi connectivity index (χ3n) is 2.27. The minimum absolute atomic E-state index is 0.810. The normalized spacial score (nSPS) is 10.7. The number of aryl methyl sites for hydroxylation is 1. The fourth-order valence-electron chi connectivity index (χ4n) is 1.60. The van der Waals surface area contributed by atoms with Gasteiger partial charge in [0.15, 0.2) is 0 Å². The molecule has 0 spiro atoms. The summed E-state index contributed by atoms with van der Waals surface area (Å²) in [6, 6.07) is 8.10. The van der Waals surface area contributed by atoms with E-state index in [1.54, 1.807) is 7.05 Å². The van der Waals surface area contributed by atoms with Gasteiger partial charge in [-0.15, -0.1) is 0 Å². The van der Waals surface area contributed by atoms with Crippen LogP contribution in [0.15, 0.2) is 28.7 Å². The molecule has 2 aromatic rings. The summed E-state index contributed by atoms with van der Waals surface area (Å²) in [5.74, 6) is 6.51. The first kappa shape index (κ1) is 10.4. The summed E-state index contributed by atoms with van der Waals surface area (Å²) >= 11 is 3.44. The first-order chi connectivity index (χ1) is 7.08. The molecule has 1 heterocycles. The topological polar surface area (TPSA) is 42.2 Å². The van der Waals surface area contributed by atoms with Gasteiger partial charge in [0.25, 0.3) is 0 Å². The molecule has 4 heteroatoms. The lowest BCUT2D eigenvalue weighted by Crippen LogP contribution is -2.26. The molecule has 0 saturated heterocycles. The lowest BCUT2D eigenvalue weighted by atomic mass is 10.1. The molecule has 0 saturated carbocycles. The molecule has 15 heavy (non-hydrogen) atoms. The van der Waals surface area contributed by atoms with Gasteiger partial charge >= 0.3 is 0 Å². The van der Waals surface area contributed by atoms with E-state index in [1.165, 1.54) is 5.01 Å². The minimum atomic E-state index is 0.810. The van der Waals surface area contributed by atoms with Crippen LogP contribution in [0.4, 0.5) is 5.82 Å². The highest BCUT2D eigenvalue weighted by Crippen LogP contribution is 2.23. The first-order valence-electron chi connectivity index (χ1n) is 4.63. The van der Waals surface area contributed by atoms with Crippen molar-refractivity contribution in [2.75, 3.05) is 12.1 Å². The van der Waals surface area contributed by atoms with E-state index in [1.807, 2.05) is 19.1 Å². The van der Waals surface area contributed by atoms with Crippen LogP contribution >= 0.6 is 15.9 Å². The number of benzene rings is 1. The van der Waals surface area contributed by atoms with Gasteiger partial charge in [-0.2, -0.15) is 0 Å². The predicted molar refractivity (Wildman–Crippen MR) is 66.8 cm³/mol. The SMILES string of the molecule is Cc1cc2cc(Br)ccc2nc1N(C)N. The fourth-order valence-corrected chi connectivity index (χ4v) is 1.98. The molecule has 1 aromatic heterocycles. The number of anilines is 1. The highest BCUT2D eigenvalue weighted by molar-refractivity contribution is 9.10. The van der Waals surface area contributed by atoms with E-state index in [0.29, 0.717) is 0 Å². The molecule has 2 N–H and O–H groups in total. The van der Waals surface area contributed by atoms with Gasteiger partial charge in [-0.1, -0.05) is 15.9 Å². The summed E-state index contributed by atoms with van der Waals surface area (Å²) in [5, 5.41) is 2.66. The summed E-state index contributed by atoms with van der Waals surface area (Å²) in [4.78, 5) is 4.50. The van der Waals surface area contributed by atoms with Crippen LogP contribution in [-0.2, 0) is 0 Å². The molecule has 0 aliphatic heterocycles. The van der Waals surface area contributed by atoms with Crippen molar-refractivity contribution in [1.82, 2.24) is 4.98 Å². The standard InChI is InChI=1S/C11H12BrN3/c1-7-5-8-6-9(12)3-4-10(8)14-11(7)15(2)13/h3-6H,13H2,1-2H3. The Kier molecular flexibility index (Phi) is 2.63. The van der Waals surface area contributed by atoms with Gasteiger partial charge in [-0.3, -0.25) is 5.01 Å². The van der Waals surface area contributed by atoms with Gasteiger partial charge in [-0.25, -0.2) is 10.8 Å². The summed E-state index contributed by atoms with van der Waals surface area (Å²) in [5.41, 5.74) is 2.03. The molecule has 0 radical (unpaired) electrons. The molecule has 78 valence electrons. The maximum atomic E-state index is 5.70. The van der Waals surface area contributed by atoms with Crippen LogP contribution in [0.1, 0.15) is 5.56 Å². The van der Waals surface area contributed by atoms with Crippen LogP contribution < -0.4 is 10.9 Å². The van der Waals surface area contributed by atoms with E-state index in [0.717, 1.165) is 26.8 Å². The number of fused-ring (bicyclic) bond motifs is 1. The second kappa shape index (κ2) is 3.79. The quantitative estimate of drug-likeness (QED) is 0.637. The van der Waals surface area contributed by atoms with Crippen molar-refractivity contribution in [2.24, 2.45) is 5.84 Å². The zero-order valence-electron chi connectivity index (χ0n) is 8.66. The van der Waals surface area contributed by atoms with E-state index in [4.69, 9.17) is 5.84 Å². The van der Waals surface area contributed by atoms with Crippen LogP contribution in [0.3, 0.4) is 0 Å². The number of nitrogens with two attached hydrogens (primary N) is 1. The molecule has 0 bridgehead atoms. The van der Waals surface area contributed by atoms with Crippen molar-refractivity contribution < 1.29 is 0 Å². The number of halogens is 1. The average molecular weight is 266 g/mol. The summed E-state index contributed by atoms with van der Waals surface area (Å²) in [7, 11) is 1.79. The molecule has 3 nitrogen and oxygen atoms in total. The van der Waals surface area contributed by atoms with Gasteiger partial charge in [0.2, 0.25) is 0 Å². The summed E-state index contributed by atoms with van der Waals surface area (Å²) < 4.78 is 1.06. The van der Waals surface area contributed by atoms with Crippen LogP contribution in [0.2, 0.25) is 0 Å². The van der Waals surface area contributed by atoms with Crippen molar-refractivity contribution in [3.8, 4) is 0 Å². The Hall–Kier alpha value is -1.13. The van der Waals surface area contributed by atoms with Crippen LogP contribution in [0.25, 0.3) is 10.9 Å². The maximum Gasteiger partial charge on any atom is 0.145 e. The number of pyridine rings is 1. The lowest BCUT2D eigenvalue weighted by molar-refractivity contribution is 0.974. The number of hydrogen-bond acceptors (Lipinski definition) is 3. The zero-order chi connectivity index (χ0) is 11.0. The average Bonchev–Trinajstić information content (AvgIpc) is 2.15. The molecule has 0 aliphatic rings. The van der Waals surface area contributed by atoms with Gasteiger partial charge in [0, 0.05) is 16.9 Å². The van der Waals surface area contributed by atoms with Gasteiger partial charge in [0.05, 0.1) is 5.52 Å². The van der Waals surface area contributed by atoms with Crippen molar-refractivity contribution in [3.05, 3.63) is 34.3 Å². The van der Waals surface area contributed by atoms with Crippen molar-refractivity contribution in [2.45, 2.75) is 6.92 Å². The number of nitrogens with zero attached hydrogens (tertiary/aromatic N) is 2.